The molecule has 138 valence electrons. The fraction of sp³-hybridized carbons (Fsp3) is 0.0588. The van der Waals surface area contributed by atoms with Gasteiger partial charge in [0.2, 0.25) is 0 Å². The average Bonchev–Trinajstić information content (AvgIpc) is 3.22. The summed E-state index contributed by atoms with van der Waals surface area (Å²) in [6.45, 7) is -0.215. The number of benzene rings is 2. The number of carbonyl (C=O) groups excluding carboxylic acids is 1. The van der Waals surface area contributed by atoms with Crippen molar-refractivity contribution in [2.75, 3.05) is 11.9 Å². The Labute approximate surface area is 163 Å². The predicted octanol–water partition coefficient (Wildman–Crippen LogP) is 2.74. The van der Waals surface area contributed by atoms with Crippen LogP contribution in [0.15, 0.2) is 53.9 Å². The second-order valence-electron chi connectivity index (χ2n) is 5.21. The number of anilines is 1. The Hall–Kier alpha value is -3.11. The van der Waals surface area contributed by atoms with E-state index in [1.165, 1.54) is 23.7 Å². The molecule has 3 aromatic rings. The first-order chi connectivity index (χ1) is 13.1. The van der Waals surface area contributed by atoms with Crippen molar-refractivity contribution in [1.29, 1.82) is 0 Å². The van der Waals surface area contributed by atoms with E-state index in [9.17, 15) is 9.18 Å². The molecule has 0 unspecified atom stereocenters. The van der Waals surface area contributed by atoms with Crippen molar-refractivity contribution in [3.8, 4) is 17.0 Å². The van der Waals surface area contributed by atoms with Gasteiger partial charge in [-0.2, -0.15) is 0 Å². The van der Waals surface area contributed by atoms with Gasteiger partial charge in [0.15, 0.2) is 11.7 Å². The molecule has 3 N–H and O–H groups in total. The van der Waals surface area contributed by atoms with E-state index in [0.717, 1.165) is 11.3 Å². The number of nitrogens with one attached hydrogen (secondary N) is 3. The summed E-state index contributed by atoms with van der Waals surface area (Å²) < 4.78 is 22.7. The fourth-order valence-corrected chi connectivity index (χ4v) is 2.67. The maximum Gasteiger partial charge on any atom is 0.276 e. The van der Waals surface area contributed by atoms with Crippen molar-refractivity contribution in [1.82, 2.24) is 20.4 Å². The highest BCUT2D eigenvalue weighted by atomic mass is 32.1. The number of para-hydroxylation sites is 1. The Morgan fingerprint density at radius 1 is 1.15 bits per heavy atom. The Morgan fingerprint density at radius 3 is 2.63 bits per heavy atom. The Kier molecular flexibility index (Phi) is 6.23. The van der Waals surface area contributed by atoms with Crippen molar-refractivity contribution < 1.29 is 13.9 Å². The van der Waals surface area contributed by atoms with Crippen LogP contribution in [-0.4, -0.2) is 27.2 Å². The molecule has 2 aromatic carbocycles. The monoisotopic (exact) mass is 403 g/mol. The van der Waals surface area contributed by atoms with Gasteiger partial charge in [0.25, 0.3) is 5.91 Å². The molecule has 0 aliphatic heterocycles. The largest absolute Gasteiger partial charge is 0.484 e. The number of rotatable bonds is 5. The van der Waals surface area contributed by atoms with E-state index in [1.807, 2.05) is 17.5 Å². The van der Waals surface area contributed by atoms with Gasteiger partial charge < -0.3 is 10.1 Å². The van der Waals surface area contributed by atoms with Crippen molar-refractivity contribution in [3.63, 3.8) is 0 Å². The summed E-state index contributed by atoms with van der Waals surface area (Å²) in [6.07, 6.45) is 0. The lowest BCUT2D eigenvalue weighted by Crippen LogP contribution is -2.45. The van der Waals surface area contributed by atoms with Gasteiger partial charge in [-0.3, -0.25) is 15.6 Å². The Bertz CT molecular complexity index is 919. The fourth-order valence-electron chi connectivity index (χ4n) is 2.04. The number of amides is 1. The highest BCUT2D eigenvalue weighted by Gasteiger charge is 2.06. The van der Waals surface area contributed by atoms with Gasteiger partial charge in [0, 0.05) is 10.9 Å². The predicted molar refractivity (Wildman–Crippen MR) is 105 cm³/mol. The first-order valence-electron chi connectivity index (χ1n) is 7.72. The Balaban J connectivity index is 1.42. The number of hydrogen-bond donors (Lipinski definition) is 3. The summed E-state index contributed by atoms with van der Waals surface area (Å²) in [4.78, 5) is 11.8. The minimum atomic E-state index is -0.451. The van der Waals surface area contributed by atoms with Gasteiger partial charge in [-0.15, -0.1) is 5.10 Å². The van der Waals surface area contributed by atoms with Crippen molar-refractivity contribution >= 4 is 40.5 Å². The summed E-state index contributed by atoms with van der Waals surface area (Å²) in [5, 5.41) is 8.51. The molecule has 0 fully saturated rings. The SMILES string of the molecule is O=C(COc1ccc(-c2csnn2)cc1)NNC(=S)Nc1ccccc1F. The smallest absolute Gasteiger partial charge is 0.276 e. The zero-order valence-electron chi connectivity index (χ0n) is 13.8. The molecule has 0 spiro atoms. The number of hydrogen-bond acceptors (Lipinski definition) is 6. The van der Waals surface area contributed by atoms with Gasteiger partial charge in [0.1, 0.15) is 17.3 Å². The highest BCUT2D eigenvalue weighted by molar-refractivity contribution is 7.80. The van der Waals surface area contributed by atoms with Crippen LogP contribution in [0.1, 0.15) is 0 Å². The summed E-state index contributed by atoms with van der Waals surface area (Å²) in [6, 6.07) is 13.2. The van der Waals surface area contributed by atoms with Crippen LogP contribution in [0, 0.1) is 5.82 Å². The van der Waals surface area contributed by atoms with Gasteiger partial charge >= 0.3 is 0 Å². The van der Waals surface area contributed by atoms with E-state index in [2.05, 4.69) is 25.8 Å². The zero-order chi connectivity index (χ0) is 19.1. The van der Waals surface area contributed by atoms with Crippen molar-refractivity contribution in [2.45, 2.75) is 0 Å². The van der Waals surface area contributed by atoms with E-state index >= 15 is 0 Å². The van der Waals surface area contributed by atoms with Crippen LogP contribution in [-0.2, 0) is 4.79 Å². The van der Waals surface area contributed by atoms with Gasteiger partial charge in [-0.1, -0.05) is 16.6 Å². The third-order valence-electron chi connectivity index (χ3n) is 3.32. The molecule has 3 rings (SSSR count). The standard InChI is InChI=1S/C17H14FN5O2S2/c18-13-3-1-2-4-14(13)19-17(26)22-21-16(24)9-25-12-7-5-11(6-8-12)15-10-27-23-20-15/h1-8,10H,9H2,(H,21,24)(H2,19,22,26). The third kappa shape index (κ3) is 5.43. The van der Waals surface area contributed by atoms with Crippen LogP contribution < -0.4 is 20.9 Å². The quantitative estimate of drug-likeness (QED) is 0.446. The number of ether oxygens (including phenoxy) is 1. The number of thiocarbonyl (C=S) groups is 1. The van der Waals surface area contributed by atoms with E-state index < -0.39 is 11.7 Å². The summed E-state index contributed by atoms with van der Waals surface area (Å²) in [7, 11) is 0. The summed E-state index contributed by atoms with van der Waals surface area (Å²) in [5.41, 5.74) is 6.75. The molecular formula is C17H14FN5O2S2. The van der Waals surface area contributed by atoms with E-state index in [4.69, 9.17) is 17.0 Å². The molecule has 0 atom stereocenters. The lowest BCUT2D eigenvalue weighted by molar-refractivity contribution is -0.123. The molecule has 10 heteroatoms. The molecular weight excluding hydrogens is 389 g/mol. The van der Waals surface area contributed by atoms with Crippen molar-refractivity contribution in [3.05, 3.63) is 59.7 Å². The second kappa shape index (κ2) is 9.01. The minimum absolute atomic E-state index is 0.0506. The molecule has 7 nitrogen and oxygen atoms in total. The number of aromatic nitrogens is 2. The van der Waals surface area contributed by atoms with Gasteiger partial charge in [-0.05, 0) is 60.1 Å². The lowest BCUT2D eigenvalue weighted by atomic mass is 10.2. The van der Waals surface area contributed by atoms with Crippen LogP contribution >= 0.6 is 23.8 Å². The third-order valence-corrected chi connectivity index (χ3v) is 4.03. The number of nitrogens with zero attached hydrogens (tertiary/aromatic N) is 2. The first-order valence-corrected chi connectivity index (χ1v) is 8.97. The minimum Gasteiger partial charge on any atom is -0.484 e. The molecule has 27 heavy (non-hydrogen) atoms. The molecule has 0 aliphatic carbocycles. The first kappa shape index (κ1) is 18.7. The topological polar surface area (TPSA) is 88.2 Å². The molecule has 0 bridgehead atoms. The molecule has 1 heterocycles. The van der Waals surface area contributed by atoms with E-state index in [-0.39, 0.29) is 17.4 Å². The van der Waals surface area contributed by atoms with E-state index in [1.54, 1.807) is 24.3 Å². The molecule has 1 amide bonds. The maximum absolute atomic E-state index is 13.5. The highest BCUT2D eigenvalue weighted by Crippen LogP contribution is 2.21. The summed E-state index contributed by atoms with van der Waals surface area (Å²) >= 11 is 6.26. The second-order valence-corrected chi connectivity index (χ2v) is 6.23. The van der Waals surface area contributed by atoms with Gasteiger partial charge in [-0.25, -0.2) is 4.39 Å². The van der Waals surface area contributed by atoms with Gasteiger partial charge in [0.05, 0.1) is 5.69 Å². The number of halogens is 1. The van der Waals surface area contributed by atoms with Crippen LogP contribution in [0.3, 0.4) is 0 Å². The maximum atomic E-state index is 13.5. The lowest BCUT2D eigenvalue weighted by Gasteiger charge is -2.12. The molecule has 0 aliphatic rings. The van der Waals surface area contributed by atoms with E-state index in [0.29, 0.717) is 5.75 Å². The summed E-state index contributed by atoms with van der Waals surface area (Å²) in [5.74, 6) is -0.363. The van der Waals surface area contributed by atoms with Crippen LogP contribution in [0.25, 0.3) is 11.3 Å². The van der Waals surface area contributed by atoms with Crippen molar-refractivity contribution in [2.24, 2.45) is 0 Å². The zero-order valence-corrected chi connectivity index (χ0v) is 15.4. The molecule has 1 aromatic heterocycles. The molecule has 0 radical (unpaired) electrons. The van der Waals surface area contributed by atoms with Crippen LogP contribution in [0.5, 0.6) is 5.75 Å². The molecule has 0 saturated carbocycles. The van der Waals surface area contributed by atoms with Crippen LogP contribution in [0.2, 0.25) is 0 Å². The normalized spacial score (nSPS) is 10.1. The Morgan fingerprint density at radius 2 is 1.93 bits per heavy atom. The average molecular weight is 403 g/mol. The molecule has 0 saturated heterocycles. The number of hydrazine groups is 1. The van der Waals surface area contributed by atoms with Crippen LogP contribution in [0.4, 0.5) is 10.1 Å². The number of carbonyl (C=O) groups is 1.